The van der Waals surface area contributed by atoms with Gasteiger partial charge in [-0.1, -0.05) is 25.5 Å². The van der Waals surface area contributed by atoms with Gasteiger partial charge in [0.2, 0.25) is 0 Å². The van der Waals surface area contributed by atoms with Crippen LogP contribution in [-0.2, 0) is 6.42 Å². The van der Waals surface area contributed by atoms with E-state index >= 15 is 0 Å². The molecule has 1 aromatic carbocycles. The van der Waals surface area contributed by atoms with Crippen LogP contribution < -0.4 is 5.56 Å². The van der Waals surface area contributed by atoms with Crippen molar-refractivity contribution in [2.24, 2.45) is 0 Å². The molecule has 0 aliphatic rings. The molecule has 3 nitrogen and oxygen atoms in total. The van der Waals surface area contributed by atoms with Crippen molar-refractivity contribution in [2.75, 3.05) is 0 Å². The lowest BCUT2D eigenvalue weighted by Crippen LogP contribution is -2.09. The molecule has 0 amide bonds. The maximum Gasteiger partial charge on any atom is 0.283 e. The molecule has 78 valence electrons. The summed E-state index contributed by atoms with van der Waals surface area (Å²) in [5.41, 5.74) is 0.437. The Bertz CT molecular complexity index is 516. The maximum atomic E-state index is 11.6. The first-order valence-electron chi connectivity index (χ1n) is 5.20. The Morgan fingerprint density at radius 3 is 2.93 bits per heavy atom. The van der Waals surface area contributed by atoms with E-state index in [4.69, 9.17) is 4.42 Å². The van der Waals surface area contributed by atoms with Crippen LogP contribution in [0.4, 0.5) is 0 Å². The van der Waals surface area contributed by atoms with Crippen LogP contribution in [0, 0.1) is 0 Å². The molecular formula is C12H13NO2. The number of aromatic nitrogens is 1. The van der Waals surface area contributed by atoms with E-state index in [2.05, 4.69) is 11.9 Å². The minimum Gasteiger partial charge on any atom is -0.442 e. The zero-order chi connectivity index (χ0) is 10.7. The third kappa shape index (κ3) is 2.06. The third-order valence-electron chi connectivity index (χ3n) is 2.32. The van der Waals surface area contributed by atoms with Gasteiger partial charge in [0.15, 0.2) is 5.89 Å². The number of fused-ring (bicyclic) bond motifs is 1. The largest absolute Gasteiger partial charge is 0.442 e. The number of benzene rings is 1. The summed E-state index contributed by atoms with van der Waals surface area (Å²) in [6.07, 6.45) is 2.79. The van der Waals surface area contributed by atoms with Crippen molar-refractivity contribution < 1.29 is 4.42 Å². The molecule has 0 radical (unpaired) electrons. The van der Waals surface area contributed by atoms with Crippen molar-refractivity contribution in [3.8, 4) is 0 Å². The Labute approximate surface area is 87.8 Å². The summed E-state index contributed by atoms with van der Waals surface area (Å²) in [5, 5.41) is 0.553. The lowest BCUT2D eigenvalue weighted by Gasteiger charge is -2.00. The van der Waals surface area contributed by atoms with Gasteiger partial charge in [0.25, 0.3) is 5.56 Å². The number of hydrogen-bond acceptors (Lipinski definition) is 3. The van der Waals surface area contributed by atoms with E-state index in [0.717, 1.165) is 19.3 Å². The van der Waals surface area contributed by atoms with Gasteiger partial charge in [-0.2, -0.15) is 4.98 Å². The Morgan fingerprint density at radius 2 is 2.13 bits per heavy atom. The molecule has 0 unspecified atom stereocenters. The summed E-state index contributed by atoms with van der Waals surface area (Å²) < 4.78 is 5.53. The number of hydrogen-bond donors (Lipinski definition) is 0. The lowest BCUT2D eigenvalue weighted by atomic mass is 10.2. The predicted octanol–water partition coefficient (Wildman–Crippen LogP) is 2.53. The SMILES string of the molecule is CCCCc1nc(=O)c2ccccc2o1. The average molecular weight is 203 g/mol. The van der Waals surface area contributed by atoms with Gasteiger partial charge in [0.05, 0.1) is 5.39 Å². The fraction of sp³-hybridized carbons (Fsp3) is 0.333. The molecule has 0 N–H and O–H groups in total. The van der Waals surface area contributed by atoms with Crippen LogP contribution in [0.2, 0.25) is 0 Å². The lowest BCUT2D eigenvalue weighted by molar-refractivity contribution is 0.494. The molecule has 0 spiro atoms. The Kier molecular flexibility index (Phi) is 2.81. The van der Waals surface area contributed by atoms with Gasteiger partial charge in [0, 0.05) is 6.42 Å². The van der Waals surface area contributed by atoms with Gasteiger partial charge in [-0.25, -0.2) is 0 Å². The number of rotatable bonds is 3. The van der Waals surface area contributed by atoms with Crippen LogP contribution in [0.5, 0.6) is 0 Å². The molecular weight excluding hydrogens is 190 g/mol. The quantitative estimate of drug-likeness (QED) is 0.769. The van der Waals surface area contributed by atoms with E-state index in [0.29, 0.717) is 16.9 Å². The molecule has 2 aromatic rings. The van der Waals surface area contributed by atoms with Crippen molar-refractivity contribution in [1.82, 2.24) is 4.98 Å². The van der Waals surface area contributed by atoms with Gasteiger partial charge in [0.1, 0.15) is 5.58 Å². The van der Waals surface area contributed by atoms with E-state index < -0.39 is 0 Å². The molecule has 0 aliphatic carbocycles. The fourth-order valence-electron chi connectivity index (χ4n) is 1.49. The second-order valence-electron chi connectivity index (χ2n) is 3.51. The Balaban J connectivity index is 2.48. The number of aryl methyl sites for hydroxylation is 1. The van der Waals surface area contributed by atoms with Crippen molar-refractivity contribution in [3.63, 3.8) is 0 Å². The highest BCUT2D eigenvalue weighted by Gasteiger charge is 2.04. The first-order valence-corrected chi connectivity index (χ1v) is 5.20. The summed E-state index contributed by atoms with van der Waals surface area (Å²) in [4.78, 5) is 15.5. The number of unbranched alkanes of at least 4 members (excludes halogenated alkanes) is 1. The molecule has 0 atom stereocenters. The summed E-state index contributed by atoms with van der Waals surface area (Å²) in [6, 6.07) is 7.20. The Morgan fingerprint density at radius 1 is 1.33 bits per heavy atom. The first-order chi connectivity index (χ1) is 7.31. The molecule has 0 saturated heterocycles. The molecule has 1 heterocycles. The zero-order valence-corrected chi connectivity index (χ0v) is 8.69. The molecule has 2 rings (SSSR count). The monoisotopic (exact) mass is 203 g/mol. The van der Waals surface area contributed by atoms with Crippen LogP contribution in [-0.4, -0.2) is 4.98 Å². The van der Waals surface area contributed by atoms with Crippen molar-refractivity contribution in [2.45, 2.75) is 26.2 Å². The molecule has 0 bridgehead atoms. The van der Waals surface area contributed by atoms with Crippen LogP contribution in [0.1, 0.15) is 25.7 Å². The topological polar surface area (TPSA) is 43.1 Å². The smallest absolute Gasteiger partial charge is 0.283 e. The summed E-state index contributed by atoms with van der Waals surface area (Å²) in [5.74, 6) is 0.542. The van der Waals surface area contributed by atoms with Crippen molar-refractivity contribution >= 4 is 11.0 Å². The molecule has 0 saturated carbocycles. The first kappa shape index (κ1) is 9.90. The number of para-hydroxylation sites is 1. The molecule has 0 aliphatic heterocycles. The van der Waals surface area contributed by atoms with Crippen molar-refractivity contribution in [3.05, 3.63) is 40.5 Å². The second kappa shape index (κ2) is 4.26. The van der Waals surface area contributed by atoms with E-state index in [-0.39, 0.29) is 5.56 Å². The maximum absolute atomic E-state index is 11.6. The van der Waals surface area contributed by atoms with E-state index in [9.17, 15) is 4.79 Å². The zero-order valence-electron chi connectivity index (χ0n) is 8.69. The van der Waals surface area contributed by atoms with Gasteiger partial charge in [-0.15, -0.1) is 0 Å². The summed E-state index contributed by atoms with van der Waals surface area (Å²) in [6.45, 7) is 2.10. The third-order valence-corrected chi connectivity index (χ3v) is 2.32. The van der Waals surface area contributed by atoms with Crippen LogP contribution >= 0.6 is 0 Å². The van der Waals surface area contributed by atoms with Crippen LogP contribution in [0.25, 0.3) is 11.0 Å². The highest BCUT2D eigenvalue weighted by Crippen LogP contribution is 2.11. The standard InChI is InChI=1S/C12H13NO2/c1-2-3-8-11-13-12(14)9-6-4-5-7-10(9)15-11/h4-7H,2-3,8H2,1H3. The minimum absolute atomic E-state index is 0.192. The molecule has 0 fully saturated rings. The summed E-state index contributed by atoms with van der Waals surface area (Å²) >= 11 is 0. The van der Waals surface area contributed by atoms with E-state index in [1.165, 1.54) is 0 Å². The molecule has 1 aromatic heterocycles. The van der Waals surface area contributed by atoms with Crippen molar-refractivity contribution in [1.29, 1.82) is 0 Å². The van der Waals surface area contributed by atoms with Gasteiger partial charge in [-0.3, -0.25) is 4.79 Å². The highest BCUT2D eigenvalue weighted by atomic mass is 16.3. The normalized spacial score (nSPS) is 10.7. The van der Waals surface area contributed by atoms with Gasteiger partial charge < -0.3 is 4.42 Å². The van der Waals surface area contributed by atoms with E-state index in [1.807, 2.05) is 12.1 Å². The molecule has 15 heavy (non-hydrogen) atoms. The predicted molar refractivity (Wildman–Crippen MR) is 58.9 cm³/mol. The molecule has 3 heteroatoms. The van der Waals surface area contributed by atoms with Gasteiger partial charge >= 0.3 is 0 Å². The van der Waals surface area contributed by atoms with Crippen LogP contribution in [0.3, 0.4) is 0 Å². The van der Waals surface area contributed by atoms with Crippen LogP contribution in [0.15, 0.2) is 33.5 Å². The number of nitrogens with zero attached hydrogens (tertiary/aromatic N) is 1. The Hall–Kier alpha value is -1.64. The fourth-order valence-corrected chi connectivity index (χ4v) is 1.49. The average Bonchev–Trinajstić information content (AvgIpc) is 2.26. The highest BCUT2D eigenvalue weighted by molar-refractivity contribution is 5.74. The van der Waals surface area contributed by atoms with E-state index in [1.54, 1.807) is 12.1 Å². The van der Waals surface area contributed by atoms with Gasteiger partial charge in [-0.05, 0) is 18.6 Å². The second-order valence-corrected chi connectivity index (χ2v) is 3.51. The minimum atomic E-state index is -0.192. The summed E-state index contributed by atoms with van der Waals surface area (Å²) in [7, 11) is 0.